The summed E-state index contributed by atoms with van der Waals surface area (Å²) in [7, 11) is 0. The predicted octanol–water partition coefficient (Wildman–Crippen LogP) is 2.09. The molecule has 1 aromatic heterocycles. The molecule has 98 valence electrons. The van der Waals surface area contributed by atoms with Gasteiger partial charge < -0.3 is 14.8 Å². The largest absolute Gasteiger partial charge is 0.480 e. The van der Waals surface area contributed by atoms with E-state index in [1.54, 1.807) is 6.07 Å². The molecule has 1 amide bonds. The lowest BCUT2D eigenvalue weighted by Gasteiger charge is -2.10. The number of rotatable bonds is 3. The van der Waals surface area contributed by atoms with Crippen LogP contribution in [0.2, 0.25) is 0 Å². The number of furan rings is 1. The Bertz CT molecular complexity index is 682. The number of carboxylic acid groups (broad SMARTS) is 1. The van der Waals surface area contributed by atoms with Gasteiger partial charge in [0.25, 0.3) is 5.91 Å². The lowest BCUT2D eigenvalue weighted by atomic mass is 10.2. The number of hydrogen-bond donors (Lipinski definition) is 2. The Morgan fingerprint density at radius 2 is 2.11 bits per heavy atom. The summed E-state index contributed by atoms with van der Waals surface area (Å²) in [4.78, 5) is 23.0. The van der Waals surface area contributed by atoms with Crippen LogP contribution in [0.1, 0.15) is 29.0 Å². The van der Waals surface area contributed by atoms with Crippen LogP contribution in [0.3, 0.4) is 0 Å². The third kappa shape index (κ3) is 1.87. The van der Waals surface area contributed by atoms with Crippen LogP contribution < -0.4 is 5.32 Å². The van der Waals surface area contributed by atoms with E-state index in [0.717, 1.165) is 10.9 Å². The Balaban J connectivity index is 1.90. The third-order valence-electron chi connectivity index (χ3n) is 3.48. The first kappa shape index (κ1) is 11.8. The van der Waals surface area contributed by atoms with Crippen LogP contribution in [0, 0.1) is 6.92 Å². The third-order valence-corrected chi connectivity index (χ3v) is 3.48. The monoisotopic (exact) mass is 259 g/mol. The molecule has 0 bridgehead atoms. The van der Waals surface area contributed by atoms with E-state index in [-0.39, 0.29) is 5.76 Å². The second-order valence-corrected chi connectivity index (χ2v) is 4.95. The van der Waals surface area contributed by atoms with Gasteiger partial charge in [0.05, 0.1) is 0 Å². The molecule has 1 aliphatic rings. The molecule has 19 heavy (non-hydrogen) atoms. The Morgan fingerprint density at radius 1 is 1.37 bits per heavy atom. The highest BCUT2D eigenvalue weighted by Gasteiger charge is 2.52. The highest BCUT2D eigenvalue weighted by molar-refractivity contribution is 6.00. The Labute approximate surface area is 109 Å². The van der Waals surface area contributed by atoms with Crippen LogP contribution in [0.5, 0.6) is 0 Å². The fourth-order valence-electron chi connectivity index (χ4n) is 2.12. The van der Waals surface area contributed by atoms with Gasteiger partial charge in [-0.2, -0.15) is 0 Å². The van der Waals surface area contributed by atoms with Gasteiger partial charge in [0.15, 0.2) is 5.76 Å². The van der Waals surface area contributed by atoms with Gasteiger partial charge in [-0.15, -0.1) is 0 Å². The molecule has 5 nitrogen and oxygen atoms in total. The maximum absolute atomic E-state index is 12.0. The number of hydrogen-bond acceptors (Lipinski definition) is 3. The molecular formula is C14H13NO4. The molecule has 1 saturated carbocycles. The van der Waals surface area contributed by atoms with Gasteiger partial charge in [0.2, 0.25) is 0 Å². The summed E-state index contributed by atoms with van der Waals surface area (Å²) in [6.45, 7) is 1.90. The molecule has 0 spiro atoms. The van der Waals surface area contributed by atoms with Crippen LogP contribution in [-0.2, 0) is 4.79 Å². The van der Waals surface area contributed by atoms with Crippen LogP contribution in [0.4, 0.5) is 0 Å². The zero-order chi connectivity index (χ0) is 13.6. The summed E-state index contributed by atoms with van der Waals surface area (Å²) in [6.07, 6.45) is 0.931. The zero-order valence-corrected chi connectivity index (χ0v) is 10.4. The maximum atomic E-state index is 12.0. The van der Waals surface area contributed by atoms with Crippen LogP contribution >= 0.6 is 0 Å². The van der Waals surface area contributed by atoms with E-state index in [2.05, 4.69) is 5.32 Å². The molecule has 1 aromatic carbocycles. The predicted molar refractivity (Wildman–Crippen MR) is 68.0 cm³/mol. The molecule has 1 heterocycles. The first-order valence-electron chi connectivity index (χ1n) is 6.07. The molecule has 1 fully saturated rings. The number of benzene rings is 1. The Kier molecular flexibility index (Phi) is 2.38. The normalized spacial score (nSPS) is 16.3. The van der Waals surface area contributed by atoms with Crippen molar-refractivity contribution in [2.45, 2.75) is 25.3 Å². The molecular weight excluding hydrogens is 246 g/mol. The number of amides is 1. The Hall–Kier alpha value is -2.30. The topological polar surface area (TPSA) is 79.5 Å². The Morgan fingerprint density at radius 3 is 2.68 bits per heavy atom. The van der Waals surface area contributed by atoms with Gasteiger partial charge >= 0.3 is 5.97 Å². The van der Waals surface area contributed by atoms with Gasteiger partial charge in [-0.3, -0.25) is 4.79 Å². The molecule has 0 radical (unpaired) electrons. The average molecular weight is 259 g/mol. The number of aliphatic carboxylic acids is 1. The molecule has 0 unspecified atom stereocenters. The minimum Gasteiger partial charge on any atom is -0.480 e. The number of carbonyl (C=O) groups is 2. The number of carboxylic acids is 1. The standard InChI is InChI=1S/C14H13NO4/c1-8-3-2-4-9-7-10(19-11(8)9)12(16)15-14(5-6-14)13(17)18/h2-4,7H,5-6H2,1H3,(H,15,16)(H,17,18). The molecule has 0 saturated heterocycles. The first-order chi connectivity index (χ1) is 9.02. The van der Waals surface area contributed by atoms with Crippen molar-refractivity contribution >= 4 is 22.8 Å². The van der Waals surface area contributed by atoms with Crippen LogP contribution in [-0.4, -0.2) is 22.5 Å². The van der Waals surface area contributed by atoms with E-state index in [1.807, 2.05) is 25.1 Å². The second kappa shape index (κ2) is 3.85. The van der Waals surface area contributed by atoms with Crippen molar-refractivity contribution in [3.05, 3.63) is 35.6 Å². The number of nitrogens with one attached hydrogen (secondary N) is 1. The first-order valence-corrected chi connectivity index (χ1v) is 6.07. The van der Waals surface area contributed by atoms with E-state index in [9.17, 15) is 9.59 Å². The van der Waals surface area contributed by atoms with Gasteiger partial charge in [-0.1, -0.05) is 18.2 Å². The summed E-state index contributed by atoms with van der Waals surface area (Å²) in [6, 6.07) is 7.27. The average Bonchev–Trinajstić information content (AvgIpc) is 3.00. The van der Waals surface area contributed by atoms with E-state index in [4.69, 9.17) is 9.52 Å². The molecule has 2 aromatic rings. The summed E-state index contributed by atoms with van der Waals surface area (Å²) >= 11 is 0. The quantitative estimate of drug-likeness (QED) is 0.884. The van der Waals surface area contributed by atoms with Gasteiger partial charge in [0.1, 0.15) is 11.1 Å². The number of fused-ring (bicyclic) bond motifs is 1. The van der Waals surface area contributed by atoms with Crippen LogP contribution in [0.15, 0.2) is 28.7 Å². The highest BCUT2D eigenvalue weighted by Crippen LogP contribution is 2.36. The second-order valence-electron chi connectivity index (χ2n) is 4.95. The minimum atomic E-state index is -1.09. The number of aryl methyl sites for hydroxylation is 1. The van der Waals surface area contributed by atoms with Crippen molar-refractivity contribution < 1.29 is 19.1 Å². The van der Waals surface area contributed by atoms with Crippen molar-refractivity contribution in [2.24, 2.45) is 0 Å². The molecule has 3 rings (SSSR count). The van der Waals surface area contributed by atoms with Crippen molar-refractivity contribution in [3.8, 4) is 0 Å². The molecule has 2 N–H and O–H groups in total. The zero-order valence-electron chi connectivity index (χ0n) is 10.4. The van der Waals surface area contributed by atoms with E-state index < -0.39 is 17.4 Å². The van der Waals surface area contributed by atoms with Crippen LogP contribution in [0.25, 0.3) is 11.0 Å². The lowest BCUT2D eigenvalue weighted by molar-refractivity contribution is -0.140. The smallest absolute Gasteiger partial charge is 0.329 e. The van der Waals surface area contributed by atoms with E-state index in [0.29, 0.717) is 18.4 Å². The summed E-state index contributed by atoms with van der Waals surface area (Å²) in [5.74, 6) is -1.32. The molecule has 5 heteroatoms. The fraction of sp³-hybridized carbons (Fsp3) is 0.286. The summed E-state index contributed by atoms with van der Waals surface area (Å²) in [5.41, 5.74) is 0.509. The van der Waals surface area contributed by atoms with Gasteiger partial charge in [-0.05, 0) is 31.4 Å². The minimum absolute atomic E-state index is 0.150. The maximum Gasteiger partial charge on any atom is 0.329 e. The van der Waals surface area contributed by atoms with Crippen molar-refractivity contribution in [3.63, 3.8) is 0 Å². The van der Waals surface area contributed by atoms with Crippen molar-refractivity contribution in [1.82, 2.24) is 5.32 Å². The van der Waals surface area contributed by atoms with E-state index >= 15 is 0 Å². The van der Waals surface area contributed by atoms with Crippen molar-refractivity contribution in [1.29, 1.82) is 0 Å². The summed E-state index contributed by atoms with van der Waals surface area (Å²) < 4.78 is 5.51. The van der Waals surface area contributed by atoms with E-state index in [1.165, 1.54) is 0 Å². The number of carbonyl (C=O) groups excluding carboxylic acids is 1. The molecule has 0 aliphatic heterocycles. The SMILES string of the molecule is Cc1cccc2cc(C(=O)NC3(C(=O)O)CC3)oc12. The van der Waals surface area contributed by atoms with Gasteiger partial charge in [0, 0.05) is 5.39 Å². The lowest BCUT2D eigenvalue weighted by Crippen LogP contribution is -2.42. The summed E-state index contributed by atoms with van der Waals surface area (Å²) in [5, 5.41) is 12.4. The highest BCUT2D eigenvalue weighted by atomic mass is 16.4. The van der Waals surface area contributed by atoms with Gasteiger partial charge in [-0.25, -0.2) is 4.79 Å². The number of para-hydroxylation sites is 1. The van der Waals surface area contributed by atoms with Crippen molar-refractivity contribution in [2.75, 3.05) is 0 Å². The molecule has 0 atom stereocenters. The molecule has 1 aliphatic carbocycles. The fourth-order valence-corrected chi connectivity index (χ4v) is 2.12.